The Hall–Kier alpha value is -1.12. The number of hydrogen-bond donors (Lipinski definition) is 0. The third-order valence-corrected chi connectivity index (χ3v) is 3.02. The summed E-state index contributed by atoms with van der Waals surface area (Å²) in [6.45, 7) is 2.21. The van der Waals surface area contributed by atoms with Crippen LogP contribution in [0.1, 0.15) is 58.3 Å². The highest BCUT2D eigenvalue weighted by Crippen LogP contribution is 2.19. The number of ether oxygens (including phenoxy) is 1. The first kappa shape index (κ1) is 13.9. The van der Waals surface area contributed by atoms with Crippen molar-refractivity contribution in [3.05, 3.63) is 12.2 Å². The van der Waals surface area contributed by atoms with Gasteiger partial charge >= 0.3 is 11.9 Å². The Balaban J connectivity index is 2.02. The first-order valence-corrected chi connectivity index (χ1v) is 6.63. The second-order valence-electron chi connectivity index (χ2n) is 4.60. The first-order chi connectivity index (χ1) is 8.24. The topological polar surface area (TPSA) is 43.4 Å². The van der Waals surface area contributed by atoms with E-state index in [2.05, 4.69) is 17.7 Å². The fourth-order valence-electron chi connectivity index (χ4n) is 1.95. The molecule has 0 radical (unpaired) electrons. The van der Waals surface area contributed by atoms with E-state index in [1.807, 2.05) is 6.08 Å². The van der Waals surface area contributed by atoms with Gasteiger partial charge < -0.3 is 4.74 Å². The van der Waals surface area contributed by atoms with E-state index in [1.165, 1.54) is 32.1 Å². The third kappa shape index (κ3) is 5.66. The van der Waals surface area contributed by atoms with Crippen LogP contribution in [0.5, 0.6) is 0 Å². The maximum Gasteiger partial charge on any atom is 0.317 e. The number of rotatable bonds is 8. The molecule has 1 fully saturated rings. The van der Waals surface area contributed by atoms with Crippen LogP contribution in [0.15, 0.2) is 12.2 Å². The third-order valence-electron chi connectivity index (χ3n) is 3.02. The zero-order valence-electron chi connectivity index (χ0n) is 10.6. The quantitative estimate of drug-likeness (QED) is 0.282. The van der Waals surface area contributed by atoms with E-state index in [9.17, 15) is 9.59 Å². The zero-order valence-corrected chi connectivity index (χ0v) is 10.6. The molecular weight excluding hydrogens is 216 g/mol. The molecule has 0 aromatic carbocycles. The number of unbranched alkanes of at least 4 members (excludes halogenated alkanes) is 5. The Labute approximate surface area is 103 Å². The smallest absolute Gasteiger partial charge is 0.317 e. The van der Waals surface area contributed by atoms with Crippen LogP contribution < -0.4 is 0 Å². The van der Waals surface area contributed by atoms with Crippen LogP contribution in [-0.4, -0.2) is 11.9 Å². The summed E-state index contributed by atoms with van der Waals surface area (Å²) >= 11 is 0. The number of cyclic esters (lactones) is 2. The highest BCUT2D eigenvalue weighted by Gasteiger charge is 2.31. The molecule has 1 atom stereocenters. The number of allylic oxidation sites excluding steroid dienone is 2. The van der Waals surface area contributed by atoms with Gasteiger partial charge in [-0.3, -0.25) is 9.59 Å². The number of hydrogen-bond acceptors (Lipinski definition) is 3. The second-order valence-corrected chi connectivity index (χ2v) is 4.60. The van der Waals surface area contributed by atoms with E-state index in [4.69, 9.17) is 0 Å². The van der Waals surface area contributed by atoms with E-state index in [0.717, 1.165) is 6.42 Å². The molecule has 1 aliphatic rings. The Morgan fingerprint density at radius 1 is 1.18 bits per heavy atom. The molecule has 1 rings (SSSR count). The van der Waals surface area contributed by atoms with Gasteiger partial charge in [0.1, 0.15) is 0 Å². The van der Waals surface area contributed by atoms with Crippen molar-refractivity contribution >= 4 is 11.9 Å². The van der Waals surface area contributed by atoms with Crippen LogP contribution >= 0.6 is 0 Å². The molecular formula is C14H22O3. The molecule has 0 saturated carbocycles. The van der Waals surface area contributed by atoms with Crippen molar-refractivity contribution in [1.29, 1.82) is 0 Å². The minimum atomic E-state index is -0.382. The number of carbonyl (C=O) groups is 2. The Kier molecular flexibility index (Phi) is 6.60. The fraction of sp³-hybridized carbons (Fsp3) is 0.714. The molecule has 0 aromatic rings. The largest absolute Gasteiger partial charge is 0.393 e. The van der Waals surface area contributed by atoms with Gasteiger partial charge in [0, 0.05) is 0 Å². The maximum absolute atomic E-state index is 11.1. The Morgan fingerprint density at radius 3 is 2.59 bits per heavy atom. The molecule has 17 heavy (non-hydrogen) atoms. The normalized spacial score (nSPS) is 20.2. The molecule has 1 heterocycles. The fourth-order valence-corrected chi connectivity index (χ4v) is 1.95. The predicted octanol–water partition coefficient (Wildman–Crippen LogP) is 3.38. The van der Waals surface area contributed by atoms with Crippen molar-refractivity contribution in [2.45, 2.75) is 58.3 Å². The summed E-state index contributed by atoms with van der Waals surface area (Å²) in [6, 6.07) is 0. The van der Waals surface area contributed by atoms with Gasteiger partial charge in [0.2, 0.25) is 0 Å². The molecule has 0 aromatic heterocycles. The average molecular weight is 238 g/mol. The van der Waals surface area contributed by atoms with Crippen molar-refractivity contribution in [3.8, 4) is 0 Å². The highest BCUT2D eigenvalue weighted by atomic mass is 16.6. The summed E-state index contributed by atoms with van der Waals surface area (Å²) < 4.78 is 4.48. The van der Waals surface area contributed by atoms with Crippen LogP contribution in [0, 0.1) is 5.92 Å². The standard InChI is InChI=1S/C14H22O3/c1-2-3-4-5-6-7-8-9-10-12-11-13(15)17-14(12)16/h8-9,12H,2-7,10-11H2,1H3. The van der Waals surface area contributed by atoms with E-state index in [-0.39, 0.29) is 24.3 Å². The lowest BCUT2D eigenvalue weighted by molar-refractivity contribution is -0.153. The predicted molar refractivity (Wildman–Crippen MR) is 66.3 cm³/mol. The lowest BCUT2D eigenvalue weighted by Crippen LogP contribution is -2.05. The van der Waals surface area contributed by atoms with E-state index < -0.39 is 0 Å². The van der Waals surface area contributed by atoms with Crippen molar-refractivity contribution < 1.29 is 14.3 Å². The van der Waals surface area contributed by atoms with Gasteiger partial charge in [0.25, 0.3) is 0 Å². The van der Waals surface area contributed by atoms with Gasteiger partial charge in [-0.25, -0.2) is 0 Å². The summed E-state index contributed by atoms with van der Waals surface area (Å²) in [4.78, 5) is 22.0. The van der Waals surface area contributed by atoms with Crippen molar-refractivity contribution in [1.82, 2.24) is 0 Å². The molecule has 0 N–H and O–H groups in total. The van der Waals surface area contributed by atoms with E-state index in [1.54, 1.807) is 0 Å². The highest BCUT2D eigenvalue weighted by molar-refractivity contribution is 5.94. The molecule has 0 spiro atoms. The van der Waals surface area contributed by atoms with Crippen LogP contribution in [0.25, 0.3) is 0 Å². The lowest BCUT2D eigenvalue weighted by Gasteiger charge is -1.98. The number of carbonyl (C=O) groups excluding carboxylic acids is 2. The summed E-state index contributed by atoms with van der Waals surface area (Å²) in [6.07, 6.45) is 12.5. The van der Waals surface area contributed by atoms with Crippen molar-refractivity contribution in [3.63, 3.8) is 0 Å². The summed E-state index contributed by atoms with van der Waals surface area (Å²) in [7, 11) is 0. The molecule has 0 aliphatic carbocycles. The lowest BCUT2D eigenvalue weighted by atomic mass is 10.0. The maximum atomic E-state index is 11.1. The average Bonchev–Trinajstić information content (AvgIpc) is 2.61. The number of esters is 2. The molecule has 1 unspecified atom stereocenters. The molecule has 0 amide bonds. The first-order valence-electron chi connectivity index (χ1n) is 6.63. The second kappa shape index (κ2) is 8.04. The molecule has 96 valence electrons. The van der Waals surface area contributed by atoms with Gasteiger partial charge in [-0.05, 0) is 19.3 Å². The van der Waals surface area contributed by atoms with Crippen LogP contribution in [0.3, 0.4) is 0 Å². The van der Waals surface area contributed by atoms with Gasteiger partial charge in [0.05, 0.1) is 12.3 Å². The van der Waals surface area contributed by atoms with Crippen molar-refractivity contribution in [2.24, 2.45) is 5.92 Å². The molecule has 3 heteroatoms. The minimum Gasteiger partial charge on any atom is -0.393 e. The van der Waals surface area contributed by atoms with Crippen LogP contribution in [0.4, 0.5) is 0 Å². The molecule has 0 bridgehead atoms. The Bertz CT molecular complexity index is 281. The van der Waals surface area contributed by atoms with Crippen molar-refractivity contribution in [2.75, 3.05) is 0 Å². The SMILES string of the molecule is CCCCCCCC=CCC1CC(=O)OC1=O. The van der Waals surface area contributed by atoms with Gasteiger partial charge in [0.15, 0.2) is 0 Å². The summed E-state index contributed by atoms with van der Waals surface area (Å²) in [5.74, 6) is -0.977. The minimum absolute atomic E-state index is 0.237. The summed E-state index contributed by atoms with van der Waals surface area (Å²) in [5.41, 5.74) is 0. The van der Waals surface area contributed by atoms with Crippen LogP contribution in [0.2, 0.25) is 0 Å². The zero-order chi connectivity index (χ0) is 12.5. The molecule has 1 aliphatic heterocycles. The van der Waals surface area contributed by atoms with Gasteiger partial charge in [-0.15, -0.1) is 0 Å². The summed E-state index contributed by atoms with van der Waals surface area (Å²) in [5, 5.41) is 0. The van der Waals surface area contributed by atoms with Gasteiger partial charge in [-0.2, -0.15) is 0 Å². The molecule has 1 saturated heterocycles. The van der Waals surface area contributed by atoms with E-state index >= 15 is 0 Å². The van der Waals surface area contributed by atoms with Gasteiger partial charge in [-0.1, -0.05) is 44.8 Å². The van der Waals surface area contributed by atoms with Crippen LogP contribution in [-0.2, 0) is 14.3 Å². The van der Waals surface area contributed by atoms with E-state index in [0.29, 0.717) is 6.42 Å². The Morgan fingerprint density at radius 2 is 1.94 bits per heavy atom. The monoisotopic (exact) mass is 238 g/mol. The molecule has 3 nitrogen and oxygen atoms in total.